The highest BCUT2D eigenvalue weighted by Gasteiger charge is 2.34. The van der Waals surface area contributed by atoms with E-state index in [4.69, 9.17) is 9.84 Å². The Morgan fingerprint density at radius 1 is 1.50 bits per heavy atom. The van der Waals surface area contributed by atoms with Crippen molar-refractivity contribution in [3.8, 4) is 11.5 Å². The molecule has 18 heavy (non-hydrogen) atoms. The average Bonchev–Trinajstić information content (AvgIpc) is 2.20. The second kappa shape index (κ2) is 5.59. The molecular formula is C9H7F3INO4. The van der Waals surface area contributed by atoms with Crippen molar-refractivity contribution in [2.24, 2.45) is 0 Å². The largest absolute Gasteiger partial charge is 0.573 e. The van der Waals surface area contributed by atoms with Crippen molar-refractivity contribution in [2.75, 3.05) is 7.11 Å². The summed E-state index contributed by atoms with van der Waals surface area (Å²) in [7, 11) is 1.12. The van der Waals surface area contributed by atoms with E-state index in [1.54, 1.807) is 0 Å². The van der Waals surface area contributed by atoms with Gasteiger partial charge in [0, 0.05) is 11.8 Å². The van der Waals surface area contributed by atoms with E-state index in [1.165, 1.54) is 22.6 Å². The van der Waals surface area contributed by atoms with Crippen LogP contribution in [-0.2, 0) is 11.2 Å². The average molecular weight is 377 g/mol. The van der Waals surface area contributed by atoms with Gasteiger partial charge in [-0.25, -0.2) is 4.98 Å². The molecule has 0 aliphatic heterocycles. The second-order valence-corrected chi connectivity index (χ2v) is 4.08. The molecular weight excluding hydrogens is 370 g/mol. The third-order valence-corrected chi connectivity index (χ3v) is 2.55. The van der Waals surface area contributed by atoms with Gasteiger partial charge in [0.05, 0.1) is 13.5 Å². The van der Waals surface area contributed by atoms with Gasteiger partial charge in [0.1, 0.15) is 3.70 Å². The van der Waals surface area contributed by atoms with Crippen LogP contribution in [0.15, 0.2) is 6.20 Å². The molecule has 0 atom stereocenters. The predicted octanol–water partition coefficient (Wildman–Crippen LogP) is 2.22. The van der Waals surface area contributed by atoms with Crippen LogP contribution in [0.3, 0.4) is 0 Å². The number of pyridine rings is 1. The monoisotopic (exact) mass is 377 g/mol. The van der Waals surface area contributed by atoms with Crippen molar-refractivity contribution in [3.05, 3.63) is 15.5 Å². The standard InChI is InChI=1S/C9H7F3INO4/c1-17-6-4(2-5(15)16)3-14-8(13)7(6)18-9(10,11)12/h3H,2H2,1H3,(H,15,16). The summed E-state index contributed by atoms with van der Waals surface area (Å²) in [6.07, 6.45) is -4.28. The molecule has 100 valence electrons. The van der Waals surface area contributed by atoms with Crippen LogP contribution in [0.25, 0.3) is 0 Å². The molecule has 0 radical (unpaired) electrons. The summed E-state index contributed by atoms with van der Waals surface area (Å²) >= 11 is 1.54. The fraction of sp³-hybridized carbons (Fsp3) is 0.333. The van der Waals surface area contributed by atoms with Gasteiger partial charge in [-0.3, -0.25) is 4.79 Å². The van der Waals surface area contributed by atoms with E-state index in [-0.39, 0.29) is 15.0 Å². The lowest BCUT2D eigenvalue weighted by atomic mass is 10.2. The molecule has 9 heteroatoms. The van der Waals surface area contributed by atoms with E-state index >= 15 is 0 Å². The van der Waals surface area contributed by atoms with E-state index in [1.807, 2.05) is 0 Å². The van der Waals surface area contributed by atoms with Gasteiger partial charge in [0.2, 0.25) is 5.75 Å². The Balaban J connectivity index is 3.25. The van der Waals surface area contributed by atoms with Gasteiger partial charge in [-0.05, 0) is 22.6 Å². The number of hydrogen-bond donors (Lipinski definition) is 1. The number of hydrogen-bond acceptors (Lipinski definition) is 4. The molecule has 1 aromatic rings. The summed E-state index contributed by atoms with van der Waals surface area (Å²) in [5.74, 6) is -2.13. The zero-order chi connectivity index (χ0) is 13.9. The lowest BCUT2D eigenvalue weighted by Crippen LogP contribution is -2.19. The molecule has 0 saturated heterocycles. The van der Waals surface area contributed by atoms with Gasteiger partial charge < -0.3 is 14.6 Å². The van der Waals surface area contributed by atoms with Gasteiger partial charge in [-0.2, -0.15) is 0 Å². The van der Waals surface area contributed by atoms with Gasteiger partial charge in [-0.1, -0.05) is 0 Å². The lowest BCUT2D eigenvalue weighted by Gasteiger charge is -2.15. The third kappa shape index (κ3) is 3.89. The summed E-state index contributed by atoms with van der Waals surface area (Å²) in [5, 5.41) is 8.63. The molecule has 1 N–H and O–H groups in total. The van der Waals surface area contributed by atoms with Gasteiger partial charge in [0.25, 0.3) is 0 Å². The number of aliphatic carboxylic acids is 1. The highest BCUT2D eigenvalue weighted by atomic mass is 127. The van der Waals surface area contributed by atoms with Crippen LogP contribution in [0.2, 0.25) is 0 Å². The fourth-order valence-electron chi connectivity index (χ4n) is 1.21. The Morgan fingerprint density at radius 2 is 2.11 bits per heavy atom. The van der Waals surface area contributed by atoms with Gasteiger partial charge in [0.15, 0.2) is 5.75 Å². The Bertz CT molecular complexity index is 464. The zero-order valence-electron chi connectivity index (χ0n) is 8.92. The predicted molar refractivity (Wildman–Crippen MR) is 61.5 cm³/mol. The fourth-order valence-corrected chi connectivity index (χ4v) is 1.70. The smallest absolute Gasteiger partial charge is 0.492 e. The molecule has 1 heterocycles. The number of ether oxygens (including phenoxy) is 2. The number of alkyl halides is 3. The van der Waals surface area contributed by atoms with Crippen molar-refractivity contribution in [3.63, 3.8) is 0 Å². The van der Waals surface area contributed by atoms with Crippen LogP contribution < -0.4 is 9.47 Å². The summed E-state index contributed by atoms with van der Waals surface area (Å²) in [5.41, 5.74) is 0.00432. The molecule has 0 aliphatic rings. The number of carbonyl (C=O) groups is 1. The summed E-state index contributed by atoms with van der Waals surface area (Å²) < 4.78 is 45.1. The highest BCUT2D eigenvalue weighted by Crippen LogP contribution is 2.37. The first-order chi connectivity index (χ1) is 8.24. The molecule has 0 amide bonds. The Hall–Kier alpha value is -1.26. The SMILES string of the molecule is COc1c(CC(=O)O)cnc(I)c1OC(F)(F)F. The molecule has 0 saturated carbocycles. The van der Waals surface area contributed by atoms with Crippen LogP contribution in [0.5, 0.6) is 11.5 Å². The Kier molecular flexibility index (Phi) is 4.59. The molecule has 1 aromatic heterocycles. The van der Waals surface area contributed by atoms with Crippen LogP contribution in [0.1, 0.15) is 5.56 Å². The molecule has 0 aliphatic carbocycles. The molecule has 0 fully saturated rings. The zero-order valence-corrected chi connectivity index (χ0v) is 11.1. The summed E-state index contributed by atoms with van der Waals surface area (Å²) in [6, 6.07) is 0. The minimum Gasteiger partial charge on any atom is -0.492 e. The third-order valence-electron chi connectivity index (χ3n) is 1.78. The summed E-state index contributed by atoms with van der Waals surface area (Å²) in [6.45, 7) is 0. The van der Waals surface area contributed by atoms with Crippen molar-refractivity contribution < 1.29 is 32.5 Å². The van der Waals surface area contributed by atoms with E-state index in [0.29, 0.717) is 0 Å². The van der Waals surface area contributed by atoms with E-state index in [0.717, 1.165) is 13.3 Å². The maximum absolute atomic E-state index is 12.2. The lowest BCUT2D eigenvalue weighted by molar-refractivity contribution is -0.275. The minimum absolute atomic E-state index is 0.00432. The molecule has 1 rings (SSSR count). The van der Waals surface area contributed by atoms with Crippen molar-refractivity contribution in [1.82, 2.24) is 4.98 Å². The molecule has 0 aromatic carbocycles. The minimum atomic E-state index is -4.91. The van der Waals surface area contributed by atoms with Crippen molar-refractivity contribution in [2.45, 2.75) is 12.8 Å². The van der Waals surface area contributed by atoms with E-state index < -0.39 is 24.5 Å². The topological polar surface area (TPSA) is 68.7 Å². The Labute approximate surface area is 113 Å². The quantitative estimate of drug-likeness (QED) is 0.644. The van der Waals surface area contributed by atoms with Crippen LogP contribution in [0, 0.1) is 3.70 Å². The number of halogens is 4. The van der Waals surface area contributed by atoms with Gasteiger partial charge in [-0.15, -0.1) is 13.2 Å². The van der Waals surface area contributed by atoms with Crippen LogP contribution in [0.4, 0.5) is 13.2 Å². The maximum atomic E-state index is 12.2. The van der Waals surface area contributed by atoms with Crippen LogP contribution >= 0.6 is 22.6 Å². The first-order valence-corrected chi connectivity index (χ1v) is 5.51. The maximum Gasteiger partial charge on any atom is 0.573 e. The number of carboxylic acid groups (broad SMARTS) is 1. The number of aromatic nitrogens is 1. The van der Waals surface area contributed by atoms with Crippen molar-refractivity contribution >= 4 is 28.6 Å². The van der Waals surface area contributed by atoms with Gasteiger partial charge >= 0.3 is 12.3 Å². The number of nitrogens with zero attached hydrogens (tertiary/aromatic N) is 1. The normalized spacial score (nSPS) is 11.2. The molecule has 0 unspecified atom stereocenters. The van der Waals surface area contributed by atoms with Crippen molar-refractivity contribution in [1.29, 1.82) is 0 Å². The number of rotatable bonds is 4. The van der Waals surface area contributed by atoms with Crippen LogP contribution in [-0.4, -0.2) is 29.5 Å². The Morgan fingerprint density at radius 3 is 2.56 bits per heavy atom. The number of carboxylic acids is 1. The molecule has 5 nitrogen and oxygen atoms in total. The van der Waals surface area contributed by atoms with E-state index in [2.05, 4.69) is 9.72 Å². The molecule has 0 spiro atoms. The number of methoxy groups -OCH3 is 1. The summed E-state index contributed by atoms with van der Waals surface area (Å²) in [4.78, 5) is 14.2. The first-order valence-electron chi connectivity index (χ1n) is 4.43. The highest BCUT2D eigenvalue weighted by molar-refractivity contribution is 14.1. The first kappa shape index (κ1) is 14.8. The second-order valence-electron chi connectivity index (χ2n) is 3.05. The van der Waals surface area contributed by atoms with E-state index in [9.17, 15) is 18.0 Å². The molecule has 0 bridgehead atoms.